The van der Waals surface area contributed by atoms with Gasteiger partial charge in [-0.15, -0.1) is 11.3 Å². The molecule has 1 saturated heterocycles. The maximum absolute atomic E-state index is 13.3. The minimum Gasteiger partial charge on any atom is -0.341 e. The van der Waals surface area contributed by atoms with Gasteiger partial charge in [0.25, 0.3) is 10.0 Å². The maximum atomic E-state index is 13.3. The summed E-state index contributed by atoms with van der Waals surface area (Å²) >= 11 is 1.15. The van der Waals surface area contributed by atoms with Crippen molar-refractivity contribution in [3.8, 4) is 0 Å². The largest absolute Gasteiger partial charge is 0.341 e. The Hall–Kier alpha value is -1.77. The SMILES string of the molecule is CN(Cc1cccc(F)c1)C(=O)Cc1ccc(S(=O)(=O)N2CCCCC2)s1. The lowest BCUT2D eigenvalue weighted by molar-refractivity contribution is -0.129. The van der Waals surface area contributed by atoms with Gasteiger partial charge in [0, 0.05) is 31.6 Å². The first kappa shape index (κ1) is 20.0. The second-order valence-corrected chi connectivity index (χ2v) is 10.1. The highest BCUT2D eigenvalue weighted by Crippen LogP contribution is 2.27. The van der Waals surface area contributed by atoms with Crippen LogP contribution in [0.5, 0.6) is 0 Å². The van der Waals surface area contributed by atoms with Crippen LogP contribution in [0.4, 0.5) is 4.39 Å². The second kappa shape index (κ2) is 8.50. The van der Waals surface area contributed by atoms with Crippen molar-refractivity contribution >= 4 is 27.3 Å². The van der Waals surface area contributed by atoms with Crippen molar-refractivity contribution in [2.45, 2.75) is 36.4 Å². The second-order valence-electron chi connectivity index (χ2n) is 6.74. The zero-order chi connectivity index (χ0) is 19.4. The monoisotopic (exact) mass is 410 g/mol. The molecule has 27 heavy (non-hydrogen) atoms. The van der Waals surface area contributed by atoms with Crippen LogP contribution in [0.25, 0.3) is 0 Å². The molecular weight excluding hydrogens is 387 g/mol. The summed E-state index contributed by atoms with van der Waals surface area (Å²) < 4.78 is 40.5. The van der Waals surface area contributed by atoms with E-state index in [4.69, 9.17) is 0 Å². The predicted molar refractivity (Wildman–Crippen MR) is 104 cm³/mol. The first-order valence-electron chi connectivity index (χ1n) is 8.93. The van der Waals surface area contributed by atoms with Crippen molar-refractivity contribution in [2.75, 3.05) is 20.1 Å². The summed E-state index contributed by atoms with van der Waals surface area (Å²) in [6.45, 7) is 1.43. The van der Waals surface area contributed by atoms with Gasteiger partial charge in [0.05, 0.1) is 6.42 Å². The van der Waals surface area contributed by atoms with Crippen LogP contribution in [0.15, 0.2) is 40.6 Å². The van der Waals surface area contributed by atoms with Crippen molar-refractivity contribution < 1.29 is 17.6 Å². The van der Waals surface area contributed by atoms with Gasteiger partial charge in [-0.1, -0.05) is 18.6 Å². The van der Waals surface area contributed by atoms with Crippen LogP contribution in [-0.4, -0.2) is 43.7 Å². The van der Waals surface area contributed by atoms with Gasteiger partial charge in [0.15, 0.2) is 0 Å². The summed E-state index contributed by atoms with van der Waals surface area (Å²) in [5.74, 6) is -0.470. The third kappa shape index (κ3) is 4.94. The number of piperidine rings is 1. The lowest BCUT2D eigenvalue weighted by atomic mass is 10.2. The van der Waals surface area contributed by atoms with Crippen LogP contribution in [0, 0.1) is 5.82 Å². The molecule has 0 bridgehead atoms. The Bertz CT molecular complexity index is 905. The van der Waals surface area contributed by atoms with E-state index < -0.39 is 10.0 Å². The van der Waals surface area contributed by atoms with E-state index in [-0.39, 0.29) is 18.1 Å². The average molecular weight is 411 g/mol. The molecule has 1 aromatic carbocycles. The number of halogens is 1. The molecular formula is C19H23FN2O3S2. The maximum Gasteiger partial charge on any atom is 0.252 e. The summed E-state index contributed by atoms with van der Waals surface area (Å²) in [6.07, 6.45) is 2.97. The Morgan fingerprint density at radius 2 is 1.93 bits per heavy atom. The quantitative estimate of drug-likeness (QED) is 0.734. The topological polar surface area (TPSA) is 57.7 Å². The molecule has 0 spiro atoms. The minimum atomic E-state index is -3.47. The Balaban J connectivity index is 1.63. The van der Waals surface area contributed by atoms with E-state index in [0.29, 0.717) is 34.3 Å². The molecule has 0 unspecified atom stereocenters. The third-order valence-corrected chi connectivity index (χ3v) is 8.06. The fraction of sp³-hybridized carbons (Fsp3) is 0.421. The lowest BCUT2D eigenvalue weighted by Crippen LogP contribution is -2.35. The summed E-state index contributed by atoms with van der Waals surface area (Å²) in [5, 5.41) is 0. The number of hydrogen-bond acceptors (Lipinski definition) is 4. The van der Waals surface area contributed by atoms with Gasteiger partial charge in [0.2, 0.25) is 5.91 Å². The van der Waals surface area contributed by atoms with Crippen molar-refractivity contribution in [3.05, 3.63) is 52.7 Å². The number of sulfonamides is 1. The normalized spacial score (nSPS) is 15.6. The predicted octanol–water partition coefficient (Wildman–Crippen LogP) is 3.26. The summed E-state index contributed by atoms with van der Waals surface area (Å²) in [5.41, 5.74) is 0.713. The molecule has 0 atom stereocenters. The van der Waals surface area contributed by atoms with Gasteiger partial charge in [-0.2, -0.15) is 4.31 Å². The van der Waals surface area contributed by atoms with Crippen molar-refractivity contribution in [1.29, 1.82) is 0 Å². The Morgan fingerprint density at radius 3 is 2.63 bits per heavy atom. The number of benzene rings is 1. The molecule has 1 amide bonds. The molecule has 1 aliphatic rings. The average Bonchev–Trinajstić information content (AvgIpc) is 3.12. The highest BCUT2D eigenvalue weighted by Gasteiger charge is 2.27. The zero-order valence-electron chi connectivity index (χ0n) is 15.2. The van der Waals surface area contributed by atoms with E-state index in [1.807, 2.05) is 0 Å². The van der Waals surface area contributed by atoms with E-state index in [0.717, 1.165) is 30.6 Å². The number of carbonyl (C=O) groups is 1. The van der Waals surface area contributed by atoms with E-state index >= 15 is 0 Å². The minimum absolute atomic E-state index is 0.131. The van der Waals surface area contributed by atoms with E-state index in [1.165, 1.54) is 21.3 Å². The molecule has 1 fully saturated rings. The van der Waals surface area contributed by atoms with Crippen molar-refractivity contribution in [3.63, 3.8) is 0 Å². The first-order valence-corrected chi connectivity index (χ1v) is 11.2. The molecule has 0 saturated carbocycles. The molecule has 2 heterocycles. The van der Waals surface area contributed by atoms with E-state index in [9.17, 15) is 17.6 Å². The molecule has 1 aliphatic heterocycles. The summed E-state index contributed by atoms with van der Waals surface area (Å²) in [7, 11) is -1.81. The Labute approximate surface area is 163 Å². The number of carbonyl (C=O) groups excluding carboxylic acids is 1. The Kier molecular flexibility index (Phi) is 6.29. The van der Waals surface area contributed by atoms with Crippen LogP contribution < -0.4 is 0 Å². The van der Waals surface area contributed by atoms with E-state index in [2.05, 4.69) is 0 Å². The summed E-state index contributed by atoms with van der Waals surface area (Å²) in [6, 6.07) is 9.43. The van der Waals surface area contributed by atoms with Crippen LogP contribution in [-0.2, 0) is 27.8 Å². The van der Waals surface area contributed by atoms with Crippen LogP contribution >= 0.6 is 11.3 Å². The summed E-state index contributed by atoms with van der Waals surface area (Å²) in [4.78, 5) is 14.7. The molecule has 0 N–H and O–H groups in total. The van der Waals surface area contributed by atoms with Crippen LogP contribution in [0.3, 0.4) is 0 Å². The standard InChI is InChI=1S/C19H23FN2O3S2/c1-21(14-15-6-5-7-16(20)12-15)18(23)13-17-8-9-19(26-17)27(24,25)22-10-3-2-4-11-22/h5-9,12H,2-4,10-11,13-14H2,1H3. The lowest BCUT2D eigenvalue weighted by Gasteiger charge is -2.25. The van der Waals surface area contributed by atoms with Gasteiger partial charge in [0.1, 0.15) is 10.0 Å². The van der Waals surface area contributed by atoms with E-state index in [1.54, 1.807) is 31.3 Å². The molecule has 2 aromatic rings. The third-order valence-electron chi connectivity index (χ3n) is 4.61. The highest BCUT2D eigenvalue weighted by atomic mass is 32.2. The first-order chi connectivity index (χ1) is 12.9. The Morgan fingerprint density at radius 1 is 1.19 bits per heavy atom. The smallest absolute Gasteiger partial charge is 0.252 e. The molecule has 1 aromatic heterocycles. The van der Waals surface area contributed by atoms with Gasteiger partial charge >= 0.3 is 0 Å². The van der Waals surface area contributed by atoms with Crippen LogP contribution in [0.1, 0.15) is 29.7 Å². The zero-order valence-corrected chi connectivity index (χ0v) is 16.9. The number of amides is 1. The molecule has 5 nitrogen and oxygen atoms in total. The number of thiophene rings is 1. The number of hydrogen-bond donors (Lipinski definition) is 0. The fourth-order valence-corrected chi connectivity index (χ4v) is 6.12. The number of nitrogens with zero attached hydrogens (tertiary/aromatic N) is 2. The van der Waals surface area contributed by atoms with Crippen molar-refractivity contribution in [2.24, 2.45) is 0 Å². The highest BCUT2D eigenvalue weighted by molar-refractivity contribution is 7.91. The van der Waals surface area contributed by atoms with Gasteiger partial charge in [-0.25, -0.2) is 12.8 Å². The molecule has 0 radical (unpaired) electrons. The van der Waals surface area contributed by atoms with Crippen LogP contribution in [0.2, 0.25) is 0 Å². The molecule has 146 valence electrons. The van der Waals surface area contributed by atoms with Gasteiger partial charge in [-0.05, 0) is 42.7 Å². The number of rotatable bonds is 6. The fourth-order valence-electron chi connectivity index (χ4n) is 3.11. The molecule has 8 heteroatoms. The van der Waals surface area contributed by atoms with Crippen molar-refractivity contribution in [1.82, 2.24) is 9.21 Å². The number of likely N-dealkylation sites (N-methyl/N-ethyl adjacent to an activating group) is 1. The van der Waals surface area contributed by atoms with Gasteiger partial charge in [-0.3, -0.25) is 4.79 Å². The molecule has 0 aliphatic carbocycles. The van der Waals surface area contributed by atoms with Gasteiger partial charge < -0.3 is 4.90 Å². The molecule has 3 rings (SSSR count).